The van der Waals surface area contributed by atoms with Crippen LogP contribution < -0.4 is 0 Å². The van der Waals surface area contributed by atoms with E-state index in [1.807, 2.05) is 38.1 Å². The topological polar surface area (TPSA) is 64.8 Å². The molecule has 2 aromatic rings. The zero-order chi connectivity index (χ0) is 14.9. The summed E-state index contributed by atoms with van der Waals surface area (Å²) in [6.07, 6.45) is 0. The first-order chi connectivity index (χ1) is 9.30. The van der Waals surface area contributed by atoms with Crippen LogP contribution in [-0.4, -0.2) is 23.2 Å². The van der Waals surface area contributed by atoms with Gasteiger partial charge in [-0.3, -0.25) is 4.57 Å². The molecule has 0 amide bonds. The van der Waals surface area contributed by atoms with Crippen LogP contribution in [0.3, 0.4) is 0 Å². The van der Waals surface area contributed by atoms with E-state index in [1.165, 1.54) is 4.57 Å². The molecule has 0 spiro atoms. The molecule has 1 heterocycles. The smallest absolute Gasteiger partial charge is 0.296 e. The van der Waals surface area contributed by atoms with Gasteiger partial charge in [0.25, 0.3) is 14.2 Å². The van der Waals surface area contributed by atoms with E-state index < -0.39 is 9.05 Å². The summed E-state index contributed by atoms with van der Waals surface area (Å²) in [5.74, 6) is 0.704. The molecule has 0 unspecified atom stereocenters. The van der Waals surface area contributed by atoms with E-state index in [4.69, 9.17) is 10.7 Å². The number of hydrogen-bond donors (Lipinski definition) is 0. The summed E-state index contributed by atoms with van der Waals surface area (Å²) >= 11 is 3.43. The molecule has 0 aliphatic rings. The molecule has 0 aliphatic heterocycles. The van der Waals surface area contributed by atoms with Crippen molar-refractivity contribution in [3.8, 4) is 11.4 Å². The normalized spacial score (nSPS) is 12.1. The van der Waals surface area contributed by atoms with Gasteiger partial charge in [0, 0.05) is 27.3 Å². The van der Waals surface area contributed by atoms with Crippen molar-refractivity contribution in [2.24, 2.45) is 5.92 Å². The average Bonchev–Trinajstić information content (AvgIpc) is 2.72. The highest BCUT2D eigenvalue weighted by Gasteiger charge is 2.24. The van der Waals surface area contributed by atoms with Crippen LogP contribution >= 0.6 is 26.6 Å². The minimum Gasteiger partial charge on any atom is -0.297 e. The third-order valence-electron chi connectivity index (χ3n) is 2.60. The highest BCUT2D eigenvalue weighted by atomic mass is 79.9. The molecule has 0 fully saturated rings. The Bertz CT molecular complexity index is 728. The van der Waals surface area contributed by atoms with Crippen molar-refractivity contribution in [2.45, 2.75) is 25.5 Å². The fraction of sp³-hybridized carbons (Fsp3) is 0.333. The first-order valence-electron chi connectivity index (χ1n) is 5.93. The van der Waals surface area contributed by atoms with Gasteiger partial charge in [-0.05, 0) is 12.0 Å². The Morgan fingerprint density at radius 1 is 1.30 bits per heavy atom. The summed E-state index contributed by atoms with van der Waals surface area (Å²) in [5, 5.41) is 7.49. The number of rotatable bonds is 4. The van der Waals surface area contributed by atoms with E-state index in [-0.39, 0.29) is 11.1 Å². The van der Waals surface area contributed by atoms with Crippen LogP contribution in [0, 0.1) is 5.92 Å². The van der Waals surface area contributed by atoms with Crippen LogP contribution in [0.15, 0.2) is 33.9 Å². The molecule has 5 nitrogen and oxygen atoms in total. The summed E-state index contributed by atoms with van der Waals surface area (Å²) in [7, 11) is 1.49. The minimum absolute atomic E-state index is 0.224. The van der Waals surface area contributed by atoms with Gasteiger partial charge < -0.3 is 0 Å². The maximum absolute atomic E-state index is 11.6. The zero-order valence-corrected chi connectivity index (χ0v) is 14.1. The lowest BCUT2D eigenvalue weighted by atomic mass is 10.2. The predicted octanol–water partition coefficient (Wildman–Crippen LogP) is 3.29. The molecule has 20 heavy (non-hydrogen) atoms. The second-order valence-electron chi connectivity index (χ2n) is 4.73. The first kappa shape index (κ1) is 15.5. The van der Waals surface area contributed by atoms with Crippen LogP contribution in [0.25, 0.3) is 11.4 Å². The van der Waals surface area contributed by atoms with Crippen molar-refractivity contribution < 1.29 is 8.42 Å². The lowest BCUT2D eigenvalue weighted by molar-refractivity contribution is 0.488. The van der Waals surface area contributed by atoms with Gasteiger partial charge in [0.15, 0.2) is 5.82 Å². The van der Waals surface area contributed by atoms with Gasteiger partial charge >= 0.3 is 0 Å². The molecule has 0 bridgehead atoms. The highest BCUT2D eigenvalue weighted by Crippen LogP contribution is 2.29. The average molecular weight is 379 g/mol. The van der Waals surface area contributed by atoms with E-state index in [1.54, 1.807) is 0 Å². The molecular formula is C12H13BrClN3O2S. The Kier molecular flexibility index (Phi) is 4.51. The zero-order valence-electron chi connectivity index (χ0n) is 10.9. The van der Waals surface area contributed by atoms with E-state index in [0.717, 1.165) is 10.0 Å². The van der Waals surface area contributed by atoms with Gasteiger partial charge in [0.2, 0.25) is 0 Å². The molecule has 1 aromatic heterocycles. The van der Waals surface area contributed by atoms with Gasteiger partial charge in [-0.2, -0.15) is 0 Å². The Hall–Kier alpha value is -0.920. The Labute approximate surface area is 130 Å². The number of aromatic nitrogens is 3. The Morgan fingerprint density at radius 3 is 2.50 bits per heavy atom. The molecule has 1 aromatic carbocycles. The lowest BCUT2D eigenvalue weighted by Crippen LogP contribution is -2.12. The van der Waals surface area contributed by atoms with Gasteiger partial charge in [0.05, 0.1) is 0 Å². The minimum atomic E-state index is -3.93. The summed E-state index contributed by atoms with van der Waals surface area (Å²) in [4.78, 5) is 0. The predicted molar refractivity (Wildman–Crippen MR) is 81.0 cm³/mol. The fourth-order valence-corrected chi connectivity index (χ4v) is 3.21. The van der Waals surface area contributed by atoms with Crippen LogP contribution in [0.1, 0.15) is 13.8 Å². The second kappa shape index (κ2) is 5.83. The monoisotopic (exact) mass is 377 g/mol. The van der Waals surface area contributed by atoms with Crippen molar-refractivity contribution >= 4 is 35.7 Å². The lowest BCUT2D eigenvalue weighted by Gasteiger charge is -2.12. The molecule has 0 atom stereocenters. The van der Waals surface area contributed by atoms with E-state index >= 15 is 0 Å². The van der Waals surface area contributed by atoms with Gasteiger partial charge in [-0.1, -0.05) is 48.0 Å². The van der Waals surface area contributed by atoms with Gasteiger partial charge in [0.1, 0.15) is 0 Å². The second-order valence-corrected chi connectivity index (χ2v) is 8.04. The maximum Gasteiger partial charge on any atom is 0.296 e. The first-order valence-corrected chi connectivity index (χ1v) is 9.03. The van der Waals surface area contributed by atoms with E-state index in [0.29, 0.717) is 12.4 Å². The molecule has 108 valence electrons. The molecule has 0 N–H and O–H groups in total. The molecular weight excluding hydrogens is 366 g/mol. The Balaban J connectivity index is 2.66. The van der Waals surface area contributed by atoms with Crippen molar-refractivity contribution in [1.29, 1.82) is 0 Å². The number of hydrogen-bond acceptors (Lipinski definition) is 4. The molecule has 0 saturated heterocycles. The highest BCUT2D eigenvalue weighted by molar-refractivity contribution is 9.10. The number of nitrogens with zero attached hydrogens (tertiary/aromatic N) is 3. The van der Waals surface area contributed by atoms with Gasteiger partial charge in [-0.25, -0.2) is 8.42 Å². The maximum atomic E-state index is 11.6. The van der Waals surface area contributed by atoms with Crippen molar-refractivity contribution in [2.75, 3.05) is 0 Å². The van der Waals surface area contributed by atoms with Crippen LogP contribution in [0.2, 0.25) is 0 Å². The van der Waals surface area contributed by atoms with E-state index in [2.05, 4.69) is 26.1 Å². The van der Waals surface area contributed by atoms with Crippen LogP contribution in [-0.2, 0) is 15.6 Å². The van der Waals surface area contributed by atoms with Crippen LogP contribution in [0.5, 0.6) is 0 Å². The van der Waals surface area contributed by atoms with E-state index in [9.17, 15) is 8.42 Å². The SMILES string of the molecule is CC(C)Cn1c(-c2ccccc2Br)nnc1S(=O)(=O)Cl. The van der Waals surface area contributed by atoms with Gasteiger partial charge in [-0.15, -0.1) is 10.2 Å². The molecule has 0 radical (unpaired) electrons. The van der Waals surface area contributed by atoms with Crippen molar-refractivity contribution in [1.82, 2.24) is 14.8 Å². The molecule has 8 heteroatoms. The number of benzene rings is 1. The largest absolute Gasteiger partial charge is 0.297 e. The summed E-state index contributed by atoms with van der Waals surface area (Å²) in [5.41, 5.74) is 0.771. The summed E-state index contributed by atoms with van der Waals surface area (Å²) in [6, 6.07) is 7.42. The third kappa shape index (κ3) is 3.21. The fourth-order valence-electron chi connectivity index (χ4n) is 1.84. The molecule has 0 saturated carbocycles. The summed E-state index contributed by atoms with van der Waals surface area (Å²) < 4.78 is 25.5. The third-order valence-corrected chi connectivity index (χ3v) is 4.44. The standard InChI is InChI=1S/C12H13BrClN3O2S/c1-8(2)7-17-11(9-5-3-4-6-10(9)13)15-16-12(17)20(14,18)19/h3-6,8H,7H2,1-2H3. The number of halogens is 2. The summed E-state index contributed by atoms with van der Waals surface area (Å²) in [6.45, 7) is 4.42. The molecule has 2 rings (SSSR count). The quantitative estimate of drug-likeness (QED) is 0.766. The Morgan fingerprint density at radius 2 is 1.95 bits per heavy atom. The van der Waals surface area contributed by atoms with Crippen molar-refractivity contribution in [3.63, 3.8) is 0 Å². The van der Waals surface area contributed by atoms with Crippen LogP contribution in [0.4, 0.5) is 0 Å². The molecule has 0 aliphatic carbocycles. The van der Waals surface area contributed by atoms with Crippen molar-refractivity contribution in [3.05, 3.63) is 28.7 Å².